The Morgan fingerprint density at radius 1 is 1.00 bits per heavy atom. The van der Waals surface area contributed by atoms with Crippen molar-refractivity contribution >= 4 is 38.6 Å². The van der Waals surface area contributed by atoms with E-state index in [1.54, 1.807) is 0 Å². The minimum atomic E-state index is -4.61. The van der Waals surface area contributed by atoms with Crippen molar-refractivity contribution in [3.05, 3.63) is 0 Å². The fraction of sp³-hybridized carbons (Fsp3) is 0. The number of rotatable bonds is 0. The molecule has 0 rings (SSSR count). The van der Waals surface area contributed by atoms with E-state index in [4.69, 9.17) is 24.4 Å². The molecule has 0 aromatic heterocycles. The van der Waals surface area contributed by atoms with Crippen LogP contribution in [0.4, 0.5) is 0 Å². The Kier molecular flexibility index (Phi) is 14.9. The van der Waals surface area contributed by atoms with Gasteiger partial charge in [0.2, 0.25) is 0 Å². The van der Waals surface area contributed by atoms with Crippen LogP contribution in [0.3, 0.4) is 0 Å². The quantitative estimate of drug-likeness (QED) is 0.271. The van der Waals surface area contributed by atoms with Crippen molar-refractivity contribution in [2.75, 3.05) is 0 Å². The van der Waals surface area contributed by atoms with E-state index in [9.17, 15) is 0 Å². The van der Waals surface area contributed by atoms with Gasteiger partial charge < -0.3 is 19.2 Å². The average molecular weight is 147 g/mol. The predicted molar refractivity (Wildman–Crippen MR) is 28.4 cm³/mol. The van der Waals surface area contributed by atoms with Crippen LogP contribution >= 0.6 is 0 Å². The number of nitrogens with zero attached hydrogens (tertiary/aromatic N) is 1. The molecule has 0 unspecified atom stereocenters. The van der Waals surface area contributed by atoms with Gasteiger partial charge in [-0.1, -0.05) is 0 Å². The van der Waals surface area contributed by atoms with Gasteiger partial charge in [0.1, 0.15) is 0 Å². The first-order valence-corrected chi connectivity index (χ1v) is 2.94. The molecular formula is CH6NNaO4Si. The van der Waals surface area contributed by atoms with Crippen LogP contribution in [0.2, 0.25) is 0 Å². The molecule has 0 amide bonds. The van der Waals surface area contributed by atoms with E-state index in [1.807, 2.05) is 0 Å². The van der Waals surface area contributed by atoms with Crippen LogP contribution in [0.1, 0.15) is 0 Å². The molecule has 0 radical (unpaired) electrons. The second kappa shape index (κ2) is 7.55. The number of nitriles is 1. The van der Waals surface area contributed by atoms with Crippen molar-refractivity contribution in [3.63, 3.8) is 0 Å². The van der Waals surface area contributed by atoms with Gasteiger partial charge in [0.25, 0.3) is 0 Å². The first-order valence-electron chi connectivity index (χ1n) is 1.15. The molecule has 0 fully saturated rings. The van der Waals surface area contributed by atoms with E-state index in [-0.39, 0.29) is 29.6 Å². The van der Waals surface area contributed by atoms with Crippen LogP contribution in [-0.2, 0) is 0 Å². The summed E-state index contributed by atoms with van der Waals surface area (Å²) in [6.07, 6.45) is 0. The SMILES string of the molecule is C#N.O[Si](O)(O)O.[NaH]. The predicted octanol–water partition coefficient (Wildman–Crippen LogP) is -3.12. The Morgan fingerprint density at radius 2 is 1.00 bits per heavy atom. The molecular weight excluding hydrogens is 141 g/mol. The second-order valence-corrected chi connectivity index (χ2v) is 1.80. The van der Waals surface area contributed by atoms with Gasteiger partial charge in [-0.2, -0.15) is 0 Å². The molecule has 5 nitrogen and oxygen atoms in total. The van der Waals surface area contributed by atoms with Crippen molar-refractivity contribution in [3.8, 4) is 6.57 Å². The molecule has 0 aliphatic rings. The average Bonchev–Trinajstić information content (AvgIpc) is 1.36. The van der Waals surface area contributed by atoms with Crippen molar-refractivity contribution in [1.82, 2.24) is 0 Å². The van der Waals surface area contributed by atoms with Crippen LogP contribution in [0.25, 0.3) is 0 Å². The van der Waals surface area contributed by atoms with Gasteiger partial charge in [-0.05, 0) is 0 Å². The van der Waals surface area contributed by atoms with Gasteiger partial charge in [0, 0.05) is 6.57 Å². The standard InChI is InChI=1S/CHN.Na.H4O4Si.H/c1-2;;1-5(2,3)4;/h1H;;1-4H;. The van der Waals surface area contributed by atoms with Crippen LogP contribution in [0, 0.1) is 11.8 Å². The van der Waals surface area contributed by atoms with Crippen LogP contribution in [0.15, 0.2) is 0 Å². The normalized spacial score (nSPS) is 7.75. The topological polar surface area (TPSA) is 105 Å². The molecule has 0 spiro atoms. The first kappa shape index (κ1) is 15.8. The van der Waals surface area contributed by atoms with Gasteiger partial charge in [-0.3, -0.25) is 0 Å². The maximum atomic E-state index is 7.33. The van der Waals surface area contributed by atoms with E-state index in [0.717, 1.165) is 0 Å². The van der Waals surface area contributed by atoms with Crippen LogP contribution in [-0.4, -0.2) is 57.8 Å². The molecule has 44 valence electrons. The third-order valence-electron chi connectivity index (χ3n) is 0. The summed E-state index contributed by atoms with van der Waals surface area (Å²) in [5.74, 6) is 0. The molecule has 0 aliphatic heterocycles. The van der Waals surface area contributed by atoms with Gasteiger partial charge in [0.05, 0.1) is 0 Å². The van der Waals surface area contributed by atoms with Gasteiger partial charge in [-0.25, -0.2) is 5.26 Å². The summed E-state index contributed by atoms with van der Waals surface area (Å²) < 4.78 is 0. The second-order valence-electron chi connectivity index (χ2n) is 0.600. The molecule has 0 bridgehead atoms. The summed E-state index contributed by atoms with van der Waals surface area (Å²) in [4.78, 5) is 29.3. The molecule has 0 aliphatic carbocycles. The Hall–Kier alpha value is 0.547. The Bertz CT molecular complexity index is 52.8. The fourth-order valence-corrected chi connectivity index (χ4v) is 0. The van der Waals surface area contributed by atoms with Crippen LogP contribution in [0.5, 0.6) is 0 Å². The maximum absolute atomic E-state index is 7.33. The molecule has 7 heteroatoms. The van der Waals surface area contributed by atoms with E-state index >= 15 is 0 Å². The molecule has 0 aromatic rings. The Morgan fingerprint density at radius 3 is 1.00 bits per heavy atom. The zero-order valence-electron chi connectivity index (χ0n) is 3.31. The fourth-order valence-electron chi connectivity index (χ4n) is 0. The minimum absolute atomic E-state index is 0. The zero-order chi connectivity index (χ0) is 6.50. The van der Waals surface area contributed by atoms with E-state index in [1.165, 1.54) is 0 Å². The van der Waals surface area contributed by atoms with Gasteiger partial charge in [-0.15, -0.1) is 0 Å². The molecule has 4 N–H and O–H groups in total. The number of hydrogen-bond acceptors (Lipinski definition) is 5. The summed E-state index contributed by atoms with van der Waals surface area (Å²) in [5.41, 5.74) is 0. The summed E-state index contributed by atoms with van der Waals surface area (Å²) in [6.45, 7) is 3.50. The van der Waals surface area contributed by atoms with Crippen molar-refractivity contribution in [2.24, 2.45) is 0 Å². The third kappa shape index (κ3) is 674. The molecule has 0 saturated heterocycles. The van der Waals surface area contributed by atoms with Crippen molar-refractivity contribution in [1.29, 1.82) is 5.26 Å². The molecule has 0 aromatic carbocycles. The van der Waals surface area contributed by atoms with Gasteiger partial charge >= 0.3 is 38.6 Å². The monoisotopic (exact) mass is 147 g/mol. The molecule has 0 atom stereocenters. The van der Waals surface area contributed by atoms with E-state index < -0.39 is 9.05 Å². The number of hydrogen-bond donors (Lipinski definition) is 4. The molecule has 0 saturated carbocycles. The Balaban J connectivity index is -0.0000000750. The first-order chi connectivity index (χ1) is 3.00. The van der Waals surface area contributed by atoms with E-state index in [2.05, 4.69) is 6.57 Å². The summed E-state index contributed by atoms with van der Waals surface area (Å²) in [7, 11) is -4.61. The third-order valence-corrected chi connectivity index (χ3v) is 0. The summed E-state index contributed by atoms with van der Waals surface area (Å²) >= 11 is 0. The van der Waals surface area contributed by atoms with Crippen molar-refractivity contribution < 1.29 is 19.2 Å². The summed E-state index contributed by atoms with van der Waals surface area (Å²) in [6, 6.07) is 0. The Labute approximate surface area is 69.6 Å². The van der Waals surface area contributed by atoms with E-state index in [0.29, 0.717) is 0 Å². The summed E-state index contributed by atoms with van der Waals surface area (Å²) in [5, 5.41) is 6.50. The van der Waals surface area contributed by atoms with Crippen LogP contribution < -0.4 is 0 Å². The zero-order valence-corrected chi connectivity index (χ0v) is 4.31. The van der Waals surface area contributed by atoms with Gasteiger partial charge in [0.15, 0.2) is 0 Å². The van der Waals surface area contributed by atoms with Crippen molar-refractivity contribution in [2.45, 2.75) is 0 Å². The molecule has 8 heavy (non-hydrogen) atoms. The molecule has 0 heterocycles.